The van der Waals surface area contributed by atoms with Crippen LogP contribution in [-0.2, 0) is 6.42 Å². The van der Waals surface area contributed by atoms with Crippen molar-refractivity contribution < 1.29 is 1.43 Å². The molecule has 0 fully saturated rings. The van der Waals surface area contributed by atoms with Crippen LogP contribution in [0.5, 0.6) is 0 Å². The van der Waals surface area contributed by atoms with Gasteiger partial charge in [0, 0.05) is 13.1 Å². The molecule has 1 N–H and O–H groups in total. The summed E-state index contributed by atoms with van der Waals surface area (Å²) < 4.78 is 0. The van der Waals surface area contributed by atoms with Crippen molar-refractivity contribution in [1.82, 2.24) is 4.98 Å². The van der Waals surface area contributed by atoms with Crippen molar-refractivity contribution in [2.45, 2.75) is 54.9 Å². The van der Waals surface area contributed by atoms with E-state index in [-0.39, 0.29) is 1.43 Å². The quantitative estimate of drug-likeness (QED) is 0.426. The first-order chi connectivity index (χ1) is 12.3. The van der Waals surface area contributed by atoms with Crippen molar-refractivity contribution in [2.24, 2.45) is 0 Å². The number of aromatic amines is 1. The summed E-state index contributed by atoms with van der Waals surface area (Å²) >= 11 is 0. The van der Waals surface area contributed by atoms with Gasteiger partial charge in [-0.3, -0.25) is 0 Å². The third-order valence-corrected chi connectivity index (χ3v) is 3.40. The minimum absolute atomic E-state index is 0. The van der Waals surface area contributed by atoms with E-state index in [1.54, 1.807) is 0 Å². The van der Waals surface area contributed by atoms with E-state index < -0.39 is 0 Å². The van der Waals surface area contributed by atoms with Crippen LogP contribution in [0.1, 0.15) is 59.7 Å². The Bertz CT molecular complexity index is 726. The molecule has 0 saturated heterocycles. The molecule has 0 aliphatic heterocycles. The minimum Gasteiger partial charge on any atom is -0.361 e. The van der Waals surface area contributed by atoms with E-state index >= 15 is 0 Å². The van der Waals surface area contributed by atoms with Crippen LogP contribution in [0.4, 0.5) is 0 Å². The van der Waals surface area contributed by atoms with Gasteiger partial charge in [-0.25, -0.2) is 0 Å². The maximum atomic E-state index is 3.15. The summed E-state index contributed by atoms with van der Waals surface area (Å²) in [5, 5.41) is 1.29. The number of H-pyrrole nitrogens is 1. The Labute approximate surface area is 156 Å². The monoisotopic (exact) mass is 339 g/mol. The van der Waals surface area contributed by atoms with Crippen LogP contribution in [-0.4, -0.2) is 4.98 Å². The van der Waals surface area contributed by atoms with Crippen LogP contribution in [0.2, 0.25) is 0 Å². The largest absolute Gasteiger partial charge is 0.361 e. The number of aromatic nitrogens is 1. The summed E-state index contributed by atoms with van der Waals surface area (Å²) in [6.45, 7) is 14.1. The van der Waals surface area contributed by atoms with Gasteiger partial charge in [-0.05, 0) is 48.1 Å². The summed E-state index contributed by atoms with van der Waals surface area (Å²) in [4.78, 5) is 3.15. The third-order valence-electron chi connectivity index (χ3n) is 3.40. The molecule has 138 valence electrons. The Morgan fingerprint density at radius 2 is 1.52 bits per heavy atom. The van der Waals surface area contributed by atoms with E-state index in [9.17, 15) is 0 Å². The van der Waals surface area contributed by atoms with E-state index in [1.807, 2.05) is 47.7 Å². The molecule has 1 aromatic heterocycles. The molecule has 25 heavy (non-hydrogen) atoms. The fourth-order valence-electron chi connectivity index (χ4n) is 2.37. The van der Waals surface area contributed by atoms with Crippen molar-refractivity contribution in [3.05, 3.63) is 77.5 Å². The summed E-state index contributed by atoms with van der Waals surface area (Å²) in [6, 6.07) is 17.0. The molecular weight excluding hydrogens is 302 g/mol. The zero-order chi connectivity index (χ0) is 19.1. The van der Waals surface area contributed by atoms with Gasteiger partial charge in [-0.2, -0.15) is 0 Å². The van der Waals surface area contributed by atoms with Gasteiger partial charge in [0.15, 0.2) is 0 Å². The van der Waals surface area contributed by atoms with E-state index in [1.165, 1.54) is 27.6 Å². The molecule has 0 atom stereocenters. The van der Waals surface area contributed by atoms with Gasteiger partial charge in [0.2, 0.25) is 0 Å². The second-order valence-corrected chi connectivity index (χ2v) is 4.87. The summed E-state index contributed by atoms with van der Waals surface area (Å²) in [6.07, 6.45) is 7.46. The van der Waals surface area contributed by atoms with Gasteiger partial charge in [-0.1, -0.05) is 89.6 Å². The summed E-state index contributed by atoms with van der Waals surface area (Å²) in [5.41, 5.74) is 5.37. The number of hydrogen-bond acceptors (Lipinski definition) is 0. The first kappa shape index (κ1) is 22.7. The lowest BCUT2D eigenvalue weighted by Crippen LogP contribution is -1.76. The minimum atomic E-state index is 0. The van der Waals surface area contributed by atoms with E-state index in [0.717, 1.165) is 6.42 Å². The van der Waals surface area contributed by atoms with Gasteiger partial charge < -0.3 is 4.98 Å². The van der Waals surface area contributed by atoms with Crippen LogP contribution in [0.15, 0.2) is 60.8 Å². The van der Waals surface area contributed by atoms with E-state index in [0.29, 0.717) is 0 Å². The molecule has 1 heterocycles. The molecule has 3 aromatic rings. The standard InChI is InChI=1S/C9H9N.C9H8.3C2H6.H2/c1-7-2-3-9-8(6-7)4-5-10-9;1-2-5-9-7-3-6-8(9)4-1;3*1-2;/h2-6,10H,1H3;1-6H,7H2;3*1-2H3;1H. The number of allylic oxidation sites excluding steroid dienone is 1. The number of rotatable bonds is 0. The lowest BCUT2D eigenvalue weighted by Gasteiger charge is -1.93. The molecule has 0 radical (unpaired) electrons. The van der Waals surface area contributed by atoms with Crippen LogP contribution in [0, 0.1) is 6.92 Å². The van der Waals surface area contributed by atoms with Crippen LogP contribution < -0.4 is 0 Å². The number of hydrogen-bond donors (Lipinski definition) is 1. The normalized spacial score (nSPS) is 9.88. The highest BCUT2D eigenvalue weighted by molar-refractivity contribution is 5.79. The highest BCUT2D eigenvalue weighted by Gasteiger charge is 2.00. The second kappa shape index (κ2) is 14.1. The molecule has 2 aromatic carbocycles. The Kier molecular flexibility index (Phi) is 12.8. The maximum absolute atomic E-state index is 3.15. The third kappa shape index (κ3) is 7.43. The fraction of sp³-hybridized carbons (Fsp3) is 0.333. The van der Waals surface area contributed by atoms with E-state index in [4.69, 9.17) is 0 Å². The SMILES string of the molecule is C1=Cc2ccccc2C1.CC.CC.CC.Cc1ccc2[nH]ccc2c1.[HH]. The average molecular weight is 340 g/mol. The second-order valence-electron chi connectivity index (χ2n) is 4.87. The van der Waals surface area contributed by atoms with Gasteiger partial charge in [-0.15, -0.1) is 0 Å². The molecule has 0 saturated carbocycles. The van der Waals surface area contributed by atoms with Crippen molar-refractivity contribution in [2.75, 3.05) is 0 Å². The predicted octanol–water partition coefficient (Wildman–Crippen LogP) is 8.06. The molecule has 0 spiro atoms. The van der Waals surface area contributed by atoms with Crippen molar-refractivity contribution in [3.63, 3.8) is 0 Å². The molecule has 1 aliphatic rings. The van der Waals surface area contributed by atoms with Gasteiger partial charge in [0.1, 0.15) is 0 Å². The molecule has 4 rings (SSSR count). The molecule has 1 aliphatic carbocycles. The van der Waals surface area contributed by atoms with Crippen molar-refractivity contribution in [1.29, 1.82) is 0 Å². The maximum Gasteiger partial charge on any atom is 0.0454 e. The molecule has 1 heteroatoms. The predicted molar refractivity (Wildman–Crippen MR) is 118 cm³/mol. The zero-order valence-corrected chi connectivity index (χ0v) is 17.1. The smallest absolute Gasteiger partial charge is 0.0454 e. The number of nitrogens with one attached hydrogen (secondary N) is 1. The lowest BCUT2D eigenvalue weighted by molar-refractivity contribution is 1.31. The fourth-order valence-corrected chi connectivity index (χ4v) is 2.37. The lowest BCUT2D eigenvalue weighted by atomic mass is 10.1. The Morgan fingerprint density at radius 3 is 2.20 bits per heavy atom. The molecule has 1 nitrogen and oxygen atoms in total. The number of benzene rings is 2. The number of fused-ring (bicyclic) bond motifs is 2. The van der Waals surface area contributed by atoms with Gasteiger partial charge in [0.05, 0.1) is 0 Å². The van der Waals surface area contributed by atoms with Gasteiger partial charge >= 0.3 is 0 Å². The Balaban J connectivity index is 0. The van der Waals surface area contributed by atoms with Crippen LogP contribution in [0.3, 0.4) is 0 Å². The van der Waals surface area contributed by atoms with Crippen LogP contribution in [0.25, 0.3) is 17.0 Å². The first-order valence-corrected chi connectivity index (χ1v) is 9.61. The highest BCUT2D eigenvalue weighted by Crippen LogP contribution is 2.17. The van der Waals surface area contributed by atoms with Crippen molar-refractivity contribution in [3.8, 4) is 0 Å². The molecule has 0 unspecified atom stereocenters. The molecule has 0 amide bonds. The van der Waals surface area contributed by atoms with Crippen LogP contribution >= 0.6 is 0 Å². The topological polar surface area (TPSA) is 15.8 Å². The summed E-state index contributed by atoms with van der Waals surface area (Å²) in [7, 11) is 0. The Hall–Kier alpha value is -2.28. The highest BCUT2D eigenvalue weighted by atomic mass is 14.7. The summed E-state index contributed by atoms with van der Waals surface area (Å²) in [5.74, 6) is 0. The molecule has 0 bridgehead atoms. The zero-order valence-electron chi connectivity index (χ0n) is 17.1. The first-order valence-electron chi connectivity index (χ1n) is 9.61. The average Bonchev–Trinajstić information content (AvgIpc) is 3.36. The van der Waals surface area contributed by atoms with E-state index in [2.05, 4.69) is 72.6 Å². The van der Waals surface area contributed by atoms with Crippen molar-refractivity contribution >= 4 is 17.0 Å². The number of aryl methyl sites for hydroxylation is 1. The Morgan fingerprint density at radius 1 is 0.840 bits per heavy atom. The van der Waals surface area contributed by atoms with Gasteiger partial charge in [0.25, 0.3) is 0 Å². The molecular formula is C24H37N.